The van der Waals surface area contributed by atoms with Crippen LogP contribution in [0.15, 0.2) is 41.5 Å². The molecule has 0 saturated carbocycles. The first kappa shape index (κ1) is 27.4. The Morgan fingerprint density at radius 1 is 1.11 bits per heavy atom. The summed E-state index contributed by atoms with van der Waals surface area (Å²) in [6.07, 6.45) is 0.216. The molecule has 13 heteroatoms. The van der Waals surface area contributed by atoms with E-state index in [4.69, 9.17) is 8.92 Å². The van der Waals surface area contributed by atoms with E-state index in [0.29, 0.717) is 16.7 Å². The van der Waals surface area contributed by atoms with Crippen molar-refractivity contribution in [3.8, 4) is 5.75 Å². The average molecular weight is 507 g/mol. The quantitative estimate of drug-likeness (QED) is 0.214. The van der Waals surface area contributed by atoms with E-state index in [1.165, 1.54) is 45.2 Å². The Hall–Kier alpha value is -3.84. The maximum Gasteiger partial charge on any atom is 0.269 e. The number of anilines is 1. The lowest BCUT2D eigenvalue weighted by Crippen LogP contribution is -2.23. The fourth-order valence-corrected chi connectivity index (χ4v) is 3.98. The van der Waals surface area contributed by atoms with Gasteiger partial charge in [0, 0.05) is 43.5 Å². The third-order valence-electron chi connectivity index (χ3n) is 4.53. The summed E-state index contributed by atoms with van der Waals surface area (Å²) >= 11 is 0. The van der Waals surface area contributed by atoms with Crippen molar-refractivity contribution in [2.24, 2.45) is 5.10 Å². The van der Waals surface area contributed by atoms with Crippen LogP contribution >= 0.6 is 0 Å². The molecule has 0 spiro atoms. The van der Waals surface area contributed by atoms with Crippen molar-refractivity contribution in [3.63, 3.8) is 0 Å². The Bertz CT molecular complexity index is 1260. The maximum atomic E-state index is 12.0. The molecule has 12 nitrogen and oxygen atoms in total. The van der Waals surface area contributed by atoms with E-state index < -0.39 is 33.0 Å². The molecule has 0 fully saturated rings. The number of hydrogen-bond donors (Lipinski definition) is 2. The van der Waals surface area contributed by atoms with Crippen LogP contribution in [0.25, 0.3) is 0 Å². The summed E-state index contributed by atoms with van der Waals surface area (Å²) in [5, 5.41) is 18.0. The minimum absolute atomic E-state index is 0.0745. The van der Waals surface area contributed by atoms with Crippen LogP contribution in [0.2, 0.25) is 0 Å². The molecule has 1 unspecified atom stereocenters. The Balaban J connectivity index is 2.82. The Morgan fingerprint density at radius 2 is 1.74 bits per heavy atom. The highest BCUT2D eigenvalue weighted by Gasteiger charge is 2.24. The summed E-state index contributed by atoms with van der Waals surface area (Å²) in [6, 6.07) is 8.66. The molecule has 0 aliphatic carbocycles. The highest BCUT2D eigenvalue weighted by atomic mass is 32.2. The number of methoxy groups -OCH3 is 1. The first-order valence-electron chi connectivity index (χ1n) is 10.3. The molecule has 0 aliphatic rings. The molecule has 0 aliphatic heterocycles. The number of hydrogen-bond acceptors (Lipinski definition) is 9. The van der Waals surface area contributed by atoms with Crippen LogP contribution in [0.5, 0.6) is 5.75 Å². The Kier molecular flexibility index (Phi) is 9.03. The number of rotatable bonds is 10. The first-order chi connectivity index (χ1) is 16.3. The highest BCUT2D eigenvalue weighted by Crippen LogP contribution is 2.34. The van der Waals surface area contributed by atoms with E-state index in [1.54, 1.807) is 19.1 Å². The molecule has 0 aromatic heterocycles. The molecule has 35 heavy (non-hydrogen) atoms. The summed E-state index contributed by atoms with van der Waals surface area (Å²) in [5.74, 6) is -0.638. The van der Waals surface area contributed by atoms with Gasteiger partial charge in [0.1, 0.15) is 11.5 Å². The van der Waals surface area contributed by atoms with E-state index in [0.717, 1.165) is 6.26 Å². The van der Waals surface area contributed by atoms with E-state index in [9.17, 15) is 28.1 Å². The molecule has 188 valence electrons. The number of carbonyl (C=O) groups excluding carboxylic acids is 2. The number of hydrazone groups is 1. The number of non-ortho nitro benzene ring substituents is 1. The van der Waals surface area contributed by atoms with Crippen molar-refractivity contribution in [2.75, 3.05) is 18.7 Å². The van der Waals surface area contributed by atoms with Crippen LogP contribution < -0.4 is 15.5 Å². The Morgan fingerprint density at radius 3 is 2.23 bits per heavy atom. The van der Waals surface area contributed by atoms with Gasteiger partial charge in [-0.25, -0.2) is 5.43 Å². The molecule has 1 atom stereocenters. The summed E-state index contributed by atoms with van der Waals surface area (Å²) in [6.45, 7) is 4.10. The molecule has 0 saturated heterocycles. The lowest BCUT2D eigenvalue weighted by molar-refractivity contribution is -0.384. The van der Waals surface area contributed by atoms with E-state index in [-0.39, 0.29) is 29.3 Å². The first-order valence-corrected chi connectivity index (χ1v) is 12.1. The van der Waals surface area contributed by atoms with Gasteiger partial charge in [-0.1, -0.05) is 6.07 Å². The predicted octanol–water partition coefficient (Wildman–Crippen LogP) is 2.36. The highest BCUT2D eigenvalue weighted by molar-refractivity contribution is 7.86. The number of nitro groups is 1. The minimum Gasteiger partial charge on any atom is -0.495 e. The fourth-order valence-electron chi connectivity index (χ4n) is 3.32. The van der Waals surface area contributed by atoms with Gasteiger partial charge in [0.05, 0.1) is 30.1 Å². The van der Waals surface area contributed by atoms with Crippen molar-refractivity contribution in [1.29, 1.82) is 0 Å². The van der Waals surface area contributed by atoms with Crippen molar-refractivity contribution < 1.29 is 31.9 Å². The van der Waals surface area contributed by atoms with E-state index in [1.807, 2.05) is 0 Å². The summed E-state index contributed by atoms with van der Waals surface area (Å²) < 4.78 is 33.7. The second-order valence-corrected chi connectivity index (χ2v) is 9.21. The maximum absolute atomic E-state index is 12.0. The number of nitro benzene ring substituents is 1. The third-order valence-corrected chi connectivity index (χ3v) is 5.21. The van der Waals surface area contributed by atoms with Crippen LogP contribution in [-0.2, 0) is 30.3 Å². The van der Waals surface area contributed by atoms with Crippen LogP contribution in [0.1, 0.15) is 37.5 Å². The zero-order chi connectivity index (χ0) is 26.3. The van der Waals surface area contributed by atoms with Gasteiger partial charge in [-0.05, 0) is 30.7 Å². The molecular formula is C22H26N4O8S. The van der Waals surface area contributed by atoms with E-state index in [2.05, 4.69) is 15.8 Å². The Labute approximate surface area is 202 Å². The molecule has 2 aromatic carbocycles. The second kappa shape index (κ2) is 11.5. The predicted molar refractivity (Wildman–Crippen MR) is 129 cm³/mol. The van der Waals surface area contributed by atoms with Gasteiger partial charge < -0.3 is 10.1 Å². The number of nitrogens with one attached hydrogen (secondary N) is 2. The molecule has 2 amide bonds. The van der Waals surface area contributed by atoms with Crippen molar-refractivity contribution in [3.05, 3.63) is 63.2 Å². The van der Waals surface area contributed by atoms with Crippen molar-refractivity contribution in [2.45, 2.75) is 33.3 Å². The largest absolute Gasteiger partial charge is 0.495 e. The van der Waals surface area contributed by atoms with Gasteiger partial charge in [-0.2, -0.15) is 13.5 Å². The van der Waals surface area contributed by atoms with E-state index >= 15 is 0 Å². The number of benzene rings is 2. The van der Waals surface area contributed by atoms with Gasteiger partial charge >= 0.3 is 0 Å². The average Bonchev–Trinajstić information content (AvgIpc) is 2.73. The molecular weight excluding hydrogens is 480 g/mol. The van der Waals surface area contributed by atoms with Gasteiger partial charge in [-0.15, -0.1) is 0 Å². The molecule has 2 N–H and O–H groups in total. The summed E-state index contributed by atoms with van der Waals surface area (Å²) in [4.78, 5) is 34.3. The molecule has 0 heterocycles. The number of carbonyl (C=O) groups is 2. The van der Waals surface area contributed by atoms with Gasteiger partial charge in [0.15, 0.2) is 0 Å². The van der Waals surface area contributed by atoms with Crippen molar-refractivity contribution >= 4 is 39.0 Å². The normalized spacial score (nSPS) is 12.5. The van der Waals surface area contributed by atoms with Crippen LogP contribution in [0.4, 0.5) is 11.4 Å². The molecule has 0 radical (unpaired) electrons. The molecule has 2 rings (SSSR count). The lowest BCUT2D eigenvalue weighted by Gasteiger charge is -2.21. The van der Waals surface area contributed by atoms with Gasteiger partial charge in [-0.3, -0.25) is 23.9 Å². The molecule has 0 bridgehead atoms. The lowest BCUT2D eigenvalue weighted by atomic mass is 9.92. The third kappa shape index (κ3) is 7.86. The topological polar surface area (TPSA) is 166 Å². The standard InChI is InChI=1S/C22H26N4O8S/c1-13(34-35(5,31)32)12-17-8-11-19(33-4)22(23-14(2)27)20(17)21(25-24-15(3)28)16-6-9-18(10-7-16)26(29)30/h6-11,13H,12H2,1-5H3,(H,23,27)(H,24,28). The minimum atomic E-state index is -3.75. The number of ether oxygens (including phenoxy) is 1. The fraction of sp³-hybridized carbons (Fsp3) is 0.318. The monoisotopic (exact) mass is 506 g/mol. The number of nitrogens with zero attached hydrogens (tertiary/aromatic N) is 2. The summed E-state index contributed by atoms with van der Waals surface area (Å²) in [5.41, 5.74) is 3.76. The van der Waals surface area contributed by atoms with Crippen LogP contribution in [0.3, 0.4) is 0 Å². The van der Waals surface area contributed by atoms with Crippen molar-refractivity contribution in [1.82, 2.24) is 5.43 Å². The smallest absolute Gasteiger partial charge is 0.269 e. The SMILES string of the molecule is COc1ccc(CC(C)OS(C)(=O)=O)c(C(=NNC(C)=O)c2ccc([N+](=O)[O-])cc2)c1NC(C)=O. The zero-order valence-corrected chi connectivity index (χ0v) is 20.6. The van der Waals surface area contributed by atoms with Crippen LogP contribution in [-0.4, -0.2) is 50.3 Å². The zero-order valence-electron chi connectivity index (χ0n) is 19.8. The molecule has 2 aromatic rings. The number of amides is 2. The van der Waals surface area contributed by atoms with Gasteiger partial charge in [0.25, 0.3) is 15.8 Å². The second-order valence-electron chi connectivity index (χ2n) is 7.61. The summed E-state index contributed by atoms with van der Waals surface area (Å²) in [7, 11) is -2.35. The van der Waals surface area contributed by atoms with Gasteiger partial charge in [0.2, 0.25) is 11.8 Å². The van der Waals surface area contributed by atoms with Crippen LogP contribution in [0, 0.1) is 10.1 Å².